The summed E-state index contributed by atoms with van der Waals surface area (Å²) in [7, 11) is -3.61. The summed E-state index contributed by atoms with van der Waals surface area (Å²) in [5, 5.41) is 12.3. The Kier molecular flexibility index (Phi) is 4.25. The molecule has 2 fully saturated rings. The van der Waals surface area contributed by atoms with Gasteiger partial charge in [0.15, 0.2) is 5.76 Å². The quantitative estimate of drug-likeness (QED) is 0.853. The molecular weight excluding hydrogens is 356 g/mol. The topological polar surface area (TPSA) is 112 Å². The number of sulfonamides is 1. The van der Waals surface area contributed by atoms with Crippen LogP contribution in [-0.4, -0.2) is 36.8 Å². The number of piperidine rings is 1. The number of aromatic nitrogens is 1. The molecule has 26 heavy (non-hydrogen) atoms. The zero-order valence-electron chi connectivity index (χ0n) is 14.5. The summed E-state index contributed by atoms with van der Waals surface area (Å²) in [6, 6.07) is 3.73. The van der Waals surface area contributed by atoms with E-state index in [0.717, 1.165) is 32.1 Å². The van der Waals surface area contributed by atoms with Crippen molar-refractivity contribution in [2.24, 2.45) is 0 Å². The minimum absolute atomic E-state index is 0.105. The Labute approximate surface area is 151 Å². The van der Waals surface area contributed by atoms with Crippen molar-refractivity contribution in [1.82, 2.24) is 9.29 Å². The fraction of sp³-hybridized carbons (Fsp3) is 0.529. The maximum atomic E-state index is 12.9. The minimum atomic E-state index is -3.61. The first-order chi connectivity index (χ1) is 12.5. The van der Waals surface area contributed by atoms with Gasteiger partial charge >= 0.3 is 0 Å². The van der Waals surface area contributed by atoms with Crippen LogP contribution in [0.25, 0.3) is 11.7 Å². The fourth-order valence-electron chi connectivity index (χ4n) is 3.08. The Morgan fingerprint density at radius 2 is 2.00 bits per heavy atom. The SMILES string of the molecule is Cc1oc(-c2nc(C#N)c(NC3CC3)o2)cc1S(=O)(=O)N1CCCCC1. The van der Waals surface area contributed by atoms with E-state index in [4.69, 9.17) is 8.83 Å². The van der Waals surface area contributed by atoms with Crippen molar-refractivity contribution in [1.29, 1.82) is 5.26 Å². The molecule has 1 aliphatic carbocycles. The fourth-order valence-corrected chi connectivity index (χ4v) is 4.76. The van der Waals surface area contributed by atoms with Crippen LogP contribution in [0.1, 0.15) is 43.6 Å². The smallest absolute Gasteiger partial charge is 0.266 e. The second kappa shape index (κ2) is 6.45. The zero-order chi connectivity index (χ0) is 18.3. The summed E-state index contributed by atoms with van der Waals surface area (Å²) in [6.07, 6.45) is 4.83. The largest absolute Gasteiger partial charge is 0.455 e. The molecule has 1 aliphatic heterocycles. The van der Waals surface area contributed by atoms with Crippen molar-refractivity contribution < 1.29 is 17.3 Å². The third-order valence-corrected chi connectivity index (χ3v) is 6.67. The molecule has 0 aromatic carbocycles. The Hall–Kier alpha value is -2.31. The molecule has 0 unspecified atom stereocenters. The average molecular weight is 376 g/mol. The molecule has 138 valence electrons. The number of nitrogens with one attached hydrogen (secondary N) is 1. The van der Waals surface area contributed by atoms with E-state index < -0.39 is 10.0 Å². The predicted molar refractivity (Wildman–Crippen MR) is 92.9 cm³/mol. The van der Waals surface area contributed by atoms with E-state index in [1.54, 1.807) is 6.92 Å². The Morgan fingerprint density at radius 3 is 2.65 bits per heavy atom. The van der Waals surface area contributed by atoms with Crippen molar-refractivity contribution in [3.63, 3.8) is 0 Å². The molecule has 0 bridgehead atoms. The molecule has 2 aliphatic rings. The van der Waals surface area contributed by atoms with Gasteiger partial charge in [0, 0.05) is 25.2 Å². The third-order valence-electron chi connectivity index (χ3n) is 4.66. The standard InChI is InChI=1S/C17H20N4O4S/c1-11-15(26(22,23)21-7-3-2-4-8-21)9-14(24-11)17-20-13(10-18)16(25-17)19-12-5-6-12/h9,12,19H,2-8H2,1H3. The molecule has 8 nitrogen and oxygen atoms in total. The lowest BCUT2D eigenvalue weighted by Crippen LogP contribution is -2.35. The van der Waals surface area contributed by atoms with Crippen LogP contribution < -0.4 is 5.32 Å². The molecule has 1 N–H and O–H groups in total. The van der Waals surface area contributed by atoms with Gasteiger partial charge < -0.3 is 14.2 Å². The van der Waals surface area contributed by atoms with E-state index in [1.165, 1.54) is 10.4 Å². The van der Waals surface area contributed by atoms with Gasteiger partial charge in [-0.25, -0.2) is 8.42 Å². The van der Waals surface area contributed by atoms with E-state index in [9.17, 15) is 13.7 Å². The Bertz CT molecular complexity index is 960. The number of rotatable bonds is 5. The summed E-state index contributed by atoms with van der Waals surface area (Å²) in [5.41, 5.74) is 0.140. The number of nitrogens with zero attached hydrogens (tertiary/aromatic N) is 3. The zero-order valence-corrected chi connectivity index (χ0v) is 15.3. The maximum Gasteiger partial charge on any atom is 0.266 e. The second-order valence-corrected chi connectivity index (χ2v) is 8.63. The normalized spacial score (nSPS) is 18.6. The highest BCUT2D eigenvalue weighted by molar-refractivity contribution is 7.89. The lowest BCUT2D eigenvalue weighted by Gasteiger charge is -2.25. The van der Waals surface area contributed by atoms with Crippen molar-refractivity contribution in [2.75, 3.05) is 18.4 Å². The van der Waals surface area contributed by atoms with Crippen LogP contribution in [0, 0.1) is 18.3 Å². The molecular formula is C17H20N4O4S. The minimum Gasteiger partial charge on any atom is -0.455 e. The molecule has 3 heterocycles. The van der Waals surface area contributed by atoms with Gasteiger partial charge in [0.05, 0.1) is 0 Å². The molecule has 1 saturated carbocycles. The first kappa shape index (κ1) is 17.1. The highest BCUT2D eigenvalue weighted by atomic mass is 32.2. The molecule has 2 aromatic rings. The molecule has 0 amide bonds. The van der Waals surface area contributed by atoms with E-state index in [0.29, 0.717) is 30.8 Å². The van der Waals surface area contributed by atoms with E-state index >= 15 is 0 Å². The monoisotopic (exact) mass is 376 g/mol. The first-order valence-corrected chi connectivity index (χ1v) is 10.2. The second-order valence-electron chi connectivity index (χ2n) is 6.72. The Balaban J connectivity index is 1.66. The summed E-state index contributed by atoms with van der Waals surface area (Å²) >= 11 is 0. The number of hydrogen-bond acceptors (Lipinski definition) is 7. The van der Waals surface area contributed by atoms with Crippen LogP contribution in [0.5, 0.6) is 0 Å². The van der Waals surface area contributed by atoms with Crippen molar-refractivity contribution in [2.45, 2.75) is 50.0 Å². The van der Waals surface area contributed by atoms with Gasteiger partial charge in [-0.1, -0.05) is 6.42 Å². The highest BCUT2D eigenvalue weighted by Crippen LogP contribution is 2.34. The van der Waals surface area contributed by atoms with Gasteiger partial charge in [0.1, 0.15) is 16.7 Å². The number of aryl methyl sites for hydroxylation is 1. The summed E-state index contributed by atoms with van der Waals surface area (Å²) in [6.45, 7) is 2.66. The van der Waals surface area contributed by atoms with Gasteiger partial charge in [0.2, 0.25) is 21.6 Å². The number of oxazole rings is 1. The maximum absolute atomic E-state index is 12.9. The molecule has 0 radical (unpaired) electrons. The predicted octanol–water partition coefficient (Wildman–Crippen LogP) is 2.86. The van der Waals surface area contributed by atoms with Gasteiger partial charge in [-0.15, -0.1) is 0 Å². The van der Waals surface area contributed by atoms with Crippen LogP contribution in [-0.2, 0) is 10.0 Å². The third kappa shape index (κ3) is 3.10. The van der Waals surface area contributed by atoms with E-state index in [1.807, 2.05) is 6.07 Å². The van der Waals surface area contributed by atoms with E-state index in [-0.39, 0.29) is 22.2 Å². The van der Waals surface area contributed by atoms with E-state index in [2.05, 4.69) is 10.3 Å². The number of furan rings is 1. The van der Waals surface area contributed by atoms with Crippen molar-refractivity contribution >= 4 is 15.9 Å². The lowest BCUT2D eigenvalue weighted by molar-refractivity contribution is 0.346. The Morgan fingerprint density at radius 1 is 1.27 bits per heavy atom. The highest BCUT2D eigenvalue weighted by Gasteiger charge is 2.31. The van der Waals surface area contributed by atoms with Crippen LogP contribution in [0.15, 0.2) is 19.8 Å². The van der Waals surface area contributed by atoms with Gasteiger partial charge in [-0.05, 0) is 32.6 Å². The summed E-state index contributed by atoms with van der Waals surface area (Å²) in [4.78, 5) is 4.26. The van der Waals surface area contributed by atoms with Gasteiger partial charge in [-0.2, -0.15) is 14.6 Å². The van der Waals surface area contributed by atoms with Crippen molar-refractivity contribution in [3.8, 4) is 17.7 Å². The molecule has 9 heteroatoms. The first-order valence-electron chi connectivity index (χ1n) is 8.77. The van der Waals surface area contributed by atoms with Crippen LogP contribution in [0.2, 0.25) is 0 Å². The van der Waals surface area contributed by atoms with Crippen LogP contribution >= 0.6 is 0 Å². The molecule has 4 rings (SSSR count). The number of hydrogen-bond donors (Lipinski definition) is 1. The number of anilines is 1. The molecule has 0 atom stereocenters. The van der Waals surface area contributed by atoms with Gasteiger partial charge in [-0.3, -0.25) is 0 Å². The number of nitriles is 1. The average Bonchev–Trinajstić information content (AvgIpc) is 3.22. The molecule has 2 aromatic heterocycles. The van der Waals surface area contributed by atoms with Crippen molar-refractivity contribution in [3.05, 3.63) is 17.5 Å². The van der Waals surface area contributed by atoms with Gasteiger partial charge in [0.25, 0.3) is 5.89 Å². The summed E-state index contributed by atoms with van der Waals surface area (Å²) < 4.78 is 38.5. The molecule has 0 spiro atoms. The van der Waals surface area contributed by atoms with Crippen LogP contribution in [0.3, 0.4) is 0 Å². The molecule has 1 saturated heterocycles. The van der Waals surface area contributed by atoms with Crippen LogP contribution in [0.4, 0.5) is 5.88 Å². The summed E-state index contributed by atoms with van der Waals surface area (Å²) in [5.74, 6) is 0.907. The lowest BCUT2D eigenvalue weighted by atomic mass is 10.2.